The summed E-state index contributed by atoms with van der Waals surface area (Å²) in [7, 11) is 0. The highest BCUT2D eigenvalue weighted by molar-refractivity contribution is 5.98. The summed E-state index contributed by atoms with van der Waals surface area (Å²) in [6.45, 7) is 5.42. The maximum atomic E-state index is 12.5. The molecule has 0 aliphatic heterocycles. The fourth-order valence-electron chi connectivity index (χ4n) is 3.94. The Hall–Kier alpha value is -3.87. The van der Waals surface area contributed by atoms with E-state index in [9.17, 15) is 24.6 Å². The minimum atomic E-state index is -1.08. The van der Waals surface area contributed by atoms with Gasteiger partial charge in [0.05, 0.1) is 12.2 Å². The maximum Gasteiger partial charge on any atom is 0.410 e. The van der Waals surface area contributed by atoms with Gasteiger partial charge in [-0.25, -0.2) is 14.4 Å². The van der Waals surface area contributed by atoms with Crippen molar-refractivity contribution >= 4 is 28.8 Å². The van der Waals surface area contributed by atoms with E-state index in [0.717, 1.165) is 21.9 Å². The van der Waals surface area contributed by atoms with Gasteiger partial charge in [-0.15, -0.1) is 0 Å². The van der Waals surface area contributed by atoms with Crippen molar-refractivity contribution in [2.24, 2.45) is 5.92 Å². The van der Waals surface area contributed by atoms with Gasteiger partial charge < -0.3 is 14.9 Å². The van der Waals surface area contributed by atoms with Crippen LogP contribution in [0.15, 0.2) is 60.7 Å². The number of aromatic carboxylic acids is 1. The number of carboxylic acids is 2. The molecule has 0 aliphatic carbocycles. The SMILES string of the molecule is CCOC(=O)N(Cc1ccc2cc(-c3ccccc3C(=O)O)ccc2c1)[C@H](C(=O)O)C(C)C. The summed E-state index contributed by atoms with van der Waals surface area (Å²) in [6, 6.07) is 17.1. The van der Waals surface area contributed by atoms with E-state index in [-0.39, 0.29) is 24.6 Å². The Kier molecular flexibility index (Phi) is 7.33. The first kappa shape index (κ1) is 23.8. The fraction of sp³-hybridized carbons (Fsp3) is 0.269. The molecule has 3 aromatic rings. The average molecular weight is 450 g/mol. The molecule has 0 heterocycles. The van der Waals surface area contributed by atoms with Crippen LogP contribution in [0.1, 0.15) is 36.7 Å². The summed E-state index contributed by atoms with van der Waals surface area (Å²) in [6.07, 6.45) is -0.667. The van der Waals surface area contributed by atoms with E-state index in [1.807, 2.05) is 36.4 Å². The first-order valence-electron chi connectivity index (χ1n) is 10.7. The monoisotopic (exact) mass is 449 g/mol. The Labute approximate surface area is 192 Å². The molecule has 0 radical (unpaired) electrons. The topological polar surface area (TPSA) is 104 Å². The largest absolute Gasteiger partial charge is 0.480 e. The molecule has 7 heteroatoms. The van der Waals surface area contributed by atoms with Crippen LogP contribution >= 0.6 is 0 Å². The molecule has 0 aliphatic rings. The molecule has 0 aromatic heterocycles. The van der Waals surface area contributed by atoms with E-state index >= 15 is 0 Å². The minimum absolute atomic E-state index is 0.0908. The van der Waals surface area contributed by atoms with Crippen molar-refractivity contribution in [3.8, 4) is 11.1 Å². The molecule has 3 rings (SSSR count). The number of amides is 1. The number of rotatable bonds is 8. The molecule has 0 saturated heterocycles. The molecule has 1 atom stereocenters. The number of carbonyl (C=O) groups excluding carboxylic acids is 1. The summed E-state index contributed by atoms with van der Waals surface area (Å²) >= 11 is 0. The summed E-state index contributed by atoms with van der Waals surface area (Å²) in [5, 5.41) is 21.0. The highest BCUT2D eigenvalue weighted by Gasteiger charge is 2.33. The zero-order valence-corrected chi connectivity index (χ0v) is 18.8. The van der Waals surface area contributed by atoms with Crippen molar-refractivity contribution < 1.29 is 29.3 Å². The normalized spacial score (nSPS) is 11.9. The van der Waals surface area contributed by atoms with Crippen LogP contribution in [0.3, 0.4) is 0 Å². The van der Waals surface area contributed by atoms with Gasteiger partial charge in [0.2, 0.25) is 0 Å². The molecule has 7 nitrogen and oxygen atoms in total. The molecule has 0 spiro atoms. The van der Waals surface area contributed by atoms with Gasteiger partial charge >= 0.3 is 18.0 Å². The quantitative estimate of drug-likeness (QED) is 0.485. The lowest BCUT2D eigenvalue weighted by molar-refractivity contribution is -0.144. The van der Waals surface area contributed by atoms with Crippen molar-refractivity contribution in [3.05, 3.63) is 71.8 Å². The molecule has 2 N–H and O–H groups in total. The summed E-state index contributed by atoms with van der Waals surface area (Å²) in [5.74, 6) is -2.37. The van der Waals surface area contributed by atoms with Crippen LogP contribution in [-0.2, 0) is 16.1 Å². The second-order valence-corrected chi connectivity index (χ2v) is 8.10. The van der Waals surface area contributed by atoms with Gasteiger partial charge in [0.1, 0.15) is 6.04 Å². The second-order valence-electron chi connectivity index (χ2n) is 8.10. The minimum Gasteiger partial charge on any atom is -0.480 e. The van der Waals surface area contributed by atoms with Crippen LogP contribution in [0.4, 0.5) is 4.79 Å². The number of fused-ring (bicyclic) bond motifs is 1. The third kappa shape index (κ3) is 5.31. The Morgan fingerprint density at radius 3 is 2.24 bits per heavy atom. The number of hydrogen-bond acceptors (Lipinski definition) is 4. The van der Waals surface area contributed by atoms with Crippen LogP contribution < -0.4 is 0 Å². The summed E-state index contributed by atoms with van der Waals surface area (Å²) in [5.41, 5.74) is 2.41. The zero-order valence-electron chi connectivity index (χ0n) is 18.8. The third-order valence-corrected chi connectivity index (χ3v) is 5.45. The number of carboxylic acid groups (broad SMARTS) is 2. The van der Waals surface area contributed by atoms with Crippen molar-refractivity contribution in [1.29, 1.82) is 0 Å². The Bertz CT molecular complexity index is 1190. The number of benzene rings is 3. The van der Waals surface area contributed by atoms with Crippen molar-refractivity contribution in [1.82, 2.24) is 4.90 Å². The van der Waals surface area contributed by atoms with Crippen molar-refractivity contribution in [2.75, 3.05) is 6.61 Å². The van der Waals surface area contributed by atoms with Crippen molar-refractivity contribution in [2.45, 2.75) is 33.4 Å². The highest BCUT2D eigenvalue weighted by atomic mass is 16.6. The van der Waals surface area contributed by atoms with Crippen LogP contribution in [0, 0.1) is 5.92 Å². The van der Waals surface area contributed by atoms with Crippen molar-refractivity contribution in [3.63, 3.8) is 0 Å². The summed E-state index contributed by atoms with van der Waals surface area (Å²) < 4.78 is 5.12. The first-order valence-corrected chi connectivity index (χ1v) is 10.7. The van der Waals surface area contributed by atoms with Crippen LogP contribution in [0.25, 0.3) is 21.9 Å². The smallest absolute Gasteiger partial charge is 0.410 e. The first-order chi connectivity index (χ1) is 15.7. The number of carbonyl (C=O) groups is 3. The van der Waals surface area contributed by atoms with Crippen LogP contribution in [0.5, 0.6) is 0 Å². The Balaban J connectivity index is 1.96. The average Bonchev–Trinajstić information content (AvgIpc) is 2.77. The molecule has 3 aromatic carbocycles. The van der Waals surface area contributed by atoms with Gasteiger partial charge in [0.25, 0.3) is 0 Å². The zero-order chi connectivity index (χ0) is 24.1. The molecule has 33 heavy (non-hydrogen) atoms. The maximum absolute atomic E-state index is 12.5. The predicted octanol–water partition coefficient (Wildman–Crippen LogP) is 5.27. The fourth-order valence-corrected chi connectivity index (χ4v) is 3.94. The molecular formula is C26H27NO6. The Morgan fingerprint density at radius 2 is 1.61 bits per heavy atom. The number of ether oxygens (including phenoxy) is 1. The number of aliphatic carboxylic acids is 1. The van der Waals surface area contributed by atoms with Gasteiger partial charge in [-0.3, -0.25) is 4.90 Å². The molecule has 0 saturated carbocycles. The molecule has 0 fully saturated rings. The lowest BCUT2D eigenvalue weighted by atomic mass is 9.96. The lowest BCUT2D eigenvalue weighted by Gasteiger charge is -2.30. The van der Waals surface area contributed by atoms with E-state index in [4.69, 9.17) is 4.74 Å². The standard InChI is InChI=1S/C26H27NO6/c1-4-33-26(32)27(23(16(2)3)25(30)31)15-17-9-10-19-14-20(12-11-18(19)13-17)21-7-5-6-8-22(21)24(28)29/h5-14,16,23H,4,15H2,1-3H3,(H,28,29)(H,30,31)/t23-/m0/s1. The van der Waals surface area contributed by atoms with Gasteiger partial charge in [0, 0.05) is 6.54 Å². The second kappa shape index (κ2) is 10.2. The summed E-state index contributed by atoms with van der Waals surface area (Å²) in [4.78, 5) is 37.2. The third-order valence-electron chi connectivity index (χ3n) is 5.45. The van der Waals surface area contributed by atoms with Gasteiger partial charge in [-0.05, 0) is 58.5 Å². The number of nitrogens with zero attached hydrogens (tertiary/aromatic N) is 1. The van der Waals surface area contributed by atoms with E-state index in [2.05, 4.69) is 0 Å². The van der Waals surface area contributed by atoms with E-state index in [1.54, 1.807) is 45.0 Å². The van der Waals surface area contributed by atoms with E-state index in [0.29, 0.717) is 5.56 Å². The molecule has 1 amide bonds. The van der Waals surface area contributed by atoms with E-state index in [1.165, 1.54) is 4.90 Å². The molecule has 0 bridgehead atoms. The molecule has 172 valence electrons. The van der Waals surface area contributed by atoms with E-state index < -0.39 is 24.1 Å². The van der Waals surface area contributed by atoms with Crippen LogP contribution in [-0.4, -0.2) is 45.8 Å². The van der Waals surface area contributed by atoms with Crippen LogP contribution in [0.2, 0.25) is 0 Å². The van der Waals surface area contributed by atoms with Gasteiger partial charge in [0.15, 0.2) is 0 Å². The Morgan fingerprint density at radius 1 is 0.939 bits per heavy atom. The number of hydrogen-bond donors (Lipinski definition) is 2. The predicted molar refractivity (Wildman–Crippen MR) is 125 cm³/mol. The lowest BCUT2D eigenvalue weighted by Crippen LogP contribution is -2.47. The molecular weight excluding hydrogens is 422 g/mol. The highest BCUT2D eigenvalue weighted by Crippen LogP contribution is 2.28. The van der Waals surface area contributed by atoms with Gasteiger partial charge in [-0.2, -0.15) is 0 Å². The molecule has 0 unspecified atom stereocenters. The van der Waals surface area contributed by atoms with Gasteiger partial charge in [-0.1, -0.05) is 56.3 Å².